The Morgan fingerprint density at radius 3 is 2.09 bits per heavy atom. The van der Waals surface area contributed by atoms with E-state index in [-0.39, 0.29) is 24.8 Å². The molecule has 126 valence electrons. The Morgan fingerprint density at radius 1 is 1.09 bits per heavy atom. The van der Waals surface area contributed by atoms with E-state index < -0.39 is 9.84 Å². The molecule has 0 radical (unpaired) electrons. The van der Waals surface area contributed by atoms with Gasteiger partial charge in [-0.1, -0.05) is 12.1 Å². The average Bonchev–Trinajstić information content (AvgIpc) is 3.25. The number of benzene rings is 1. The van der Waals surface area contributed by atoms with Gasteiger partial charge in [0.25, 0.3) is 0 Å². The number of nitrogens with zero attached hydrogens (tertiary/aromatic N) is 1. The van der Waals surface area contributed by atoms with Crippen molar-refractivity contribution in [1.82, 2.24) is 10.2 Å². The molecule has 1 aliphatic heterocycles. The zero-order chi connectivity index (χ0) is 14.2. The van der Waals surface area contributed by atoms with Crippen LogP contribution in [0, 0.1) is 5.92 Å². The minimum atomic E-state index is -3.10. The lowest BCUT2D eigenvalue weighted by Crippen LogP contribution is -2.45. The predicted molar refractivity (Wildman–Crippen MR) is 94.0 cm³/mol. The van der Waals surface area contributed by atoms with Crippen LogP contribution >= 0.6 is 24.8 Å². The first kappa shape index (κ1) is 19.7. The van der Waals surface area contributed by atoms with Crippen LogP contribution in [0.15, 0.2) is 29.2 Å². The molecule has 1 heterocycles. The summed E-state index contributed by atoms with van der Waals surface area (Å²) in [7, 11) is -3.10. The van der Waals surface area contributed by atoms with Crippen molar-refractivity contribution >= 4 is 34.7 Å². The molecule has 22 heavy (non-hydrogen) atoms. The van der Waals surface area contributed by atoms with Crippen molar-refractivity contribution < 1.29 is 8.42 Å². The third-order valence-corrected chi connectivity index (χ3v) is 5.39. The molecule has 0 spiro atoms. The largest absolute Gasteiger partial charge is 0.314 e. The summed E-state index contributed by atoms with van der Waals surface area (Å²) in [5.41, 5.74) is 1.27. The zero-order valence-corrected chi connectivity index (χ0v) is 15.1. The van der Waals surface area contributed by atoms with Gasteiger partial charge in [-0.15, -0.1) is 24.8 Å². The highest BCUT2D eigenvalue weighted by Gasteiger charge is 2.36. The molecule has 1 aliphatic carbocycles. The number of halogens is 2. The van der Waals surface area contributed by atoms with Crippen LogP contribution in [-0.2, 0) is 9.84 Å². The van der Waals surface area contributed by atoms with Gasteiger partial charge < -0.3 is 5.32 Å². The van der Waals surface area contributed by atoms with E-state index in [1.807, 2.05) is 12.1 Å². The number of hydrogen-bond acceptors (Lipinski definition) is 4. The van der Waals surface area contributed by atoms with Crippen LogP contribution in [0.4, 0.5) is 0 Å². The predicted octanol–water partition coefficient (Wildman–Crippen LogP) is 2.29. The summed E-state index contributed by atoms with van der Waals surface area (Å²) in [6.45, 7) is 4.25. The highest BCUT2D eigenvalue weighted by Crippen LogP contribution is 2.44. The Labute approximate surface area is 145 Å². The first-order valence-electron chi connectivity index (χ1n) is 7.30. The van der Waals surface area contributed by atoms with Crippen LogP contribution in [0.25, 0.3) is 0 Å². The first-order chi connectivity index (χ1) is 9.55. The molecule has 2 aliphatic rings. The summed E-state index contributed by atoms with van der Waals surface area (Å²) < 4.78 is 23.1. The second-order valence-corrected chi connectivity index (χ2v) is 7.93. The van der Waals surface area contributed by atoms with Crippen LogP contribution < -0.4 is 5.32 Å². The van der Waals surface area contributed by atoms with E-state index in [2.05, 4.69) is 10.2 Å². The fourth-order valence-electron chi connectivity index (χ4n) is 3.07. The average molecular weight is 367 g/mol. The van der Waals surface area contributed by atoms with Crippen molar-refractivity contribution in [2.75, 3.05) is 32.4 Å². The van der Waals surface area contributed by atoms with E-state index in [1.54, 1.807) is 12.1 Å². The van der Waals surface area contributed by atoms with Crippen LogP contribution in [0.5, 0.6) is 0 Å². The van der Waals surface area contributed by atoms with Crippen molar-refractivity contribution in [3.63, 3.8) is 0 Å². The van der Waals surface area contributed by atoms with Crippen molar-refractivity contribution in [2.45, 2.75) is 23.8 Å². The maximum atomic E-state index is 11.5. The Bertz CT molecular complexity index is 568. The molecule has 3 rings (SSSR count). The van der Waals surface area contributed by atoms with Crippen LogP contribution in [0.2, 0.25) is 0 Å². The van der Waals surface area contributed by atoms with Crippen molar-refractivity contribution in [2.24, 2.45) is 5.92 Å². The SMILES string of the molecule is CS(=O)(=O)c1ccc([C@H](C2CC2)N2CCNCC2)cc1.Cl.Cl. The minimum absolute atomic E-state index is 0. The van der Waals surface area contributed by atoms with Gasteiger partial charge in [-0.25, -0.2) is 8.42 Å². The third kappa shape index (κ3) is 4.59. The molecular formula is C15H24Cl2N2O2S. The molecule has 0 unspecified atom stereocenters. The molecule has 1 saturated heterocycles. The summed E-state index contributed by atoms with van der Waals surface area (Å²) >= 11 is 0. The smallest absolute Gasteiger partial charge is 0.175 e. The minimum Gasteiger partial charge on any atom is -0.314 e. The lowest BCUT2D eigenvalue weighted by molar-refractivity contribution is 0.156. The van der Waals surface area contributed by atoms with Gasteiger partial charge in [0, 0.05) is 38.5 Å². The Morgan fingerprint density at radius 2 is 1.64 bits per heavy atom. The number of rotatable bonds is 4. The Hall–Kier alpha value is -0.330. The second-order valence-electron chi connectivity index (χ2n) is 5.91. The molecule has 1 saturated carbocycles. The molecule has 7 heteroatoms. The number of piperazine rings is 1. The number of nitrogens with one attached hydrogen (secondary N) is 1. The highest BCUT2D eigenvalue weighted by molar-refractivity contribution is 7.90. The van der Waals surface area contributed by atoms with Crippen molar-refractivity contribution in [3.8, 4) is 0 Å². The van der Waals surface area contributed by atoms with Gasteiger partial charge in [0.2, 0.25) is 0 Å². The monoisotopic (exact) mass is 366 g/mol. The van der Waals surface area contributed by atoms with E-state index in [0.717, 1.165) is 32.1 Å². The van der Waals surface area contributed by atoms with Gasteiger partial charge in [-0.05, 0) is 36.5 Å². The fourth-order valence-corrected chi connectivity index (χ4v) is 3.70. The summed E-state index contributed by atoms with van der Waals surface area (Å²) in [6, 6.07) is 7.97. The van der Waals surface area contributed by atoms with Gasteiger partial charge in [-0.3, -0.25) is 4.90 Å². The van der Waals surface area contributed by atoms with E-state index in [4.69, 9.17) is 0 Å². The molecule has 1 N–H and O–H groups in total. The van der Waals surface area contributed by atoms with Gasteiger partial charge in [0.05, 0.1) is 4.90 Å². The molecule has 1 aromatic carbocycles. The maximum Gasteiger partial charge on any atom is 0.175 e. The van der Waals surface area contributed by atoms with Crippen LogP contribution in [-0.4, -0.2) is 45.8 Å². The van der Waals surface area contributed by atoms with Crippen molar-refractivity contribution in [3.05, 3.63) is 29.8 Å². The van der Waals surface area contributed by atoms with E-state index in [0.29, 0.717) is 10.9 Å². The molecule has 1 aromatic rings. The lowest BCUT2D eigenvalue weighted by Gasteiger charge is -2.35. The molecule has 4 nitrogen and oxygen atoms in total. The number of hydrogen-bond donors (Lipinski definition) is 1. The van der Waals surface area contributed by atoms with E-state index >= 15 is 0 Å². The van der Waals surface area contributed by atoms with E-state index in [1.165, 1.54) is 24.7 Å². The summed E-state index contributed by atoms with van der Waals surface area (Å²) in [4.78, 5) is 2.96. The second kappa shape index (κ2) is 7.97. The highest BCUT2D eigenvalue weighted by atomic mass is 35.5. The molecule has 0 bridgehead atoms. The lowest BCUT2D eigenvalue weighted by atomic mass is 10.00. The quantitative estimate of drug-likeness (QED) is 0.887. The molecular weight excluding hydrogens is 343 g/mol. The molecule has 1 atom stereocenters. The molecule has 0 amide bonds. The summed E-state index contributed by atoms with van der Waals surface area (Å²) in [5.74, 6) is 0.747. The van der Waals surface area contributed by atoms with Gasteiger partial charge >= 0.3 is 0 Å². The fraction of sp³-hybridized carbons (Fsp3) is 0.600. The van der Waals surface area contributed by atoms with E-state index in [9.17, 15) is 8.42 Å². The van der Waals surface area contributed by atoms with Crippen molar-refractivity contribution in [1.29, 1.82) is 0 Å². The standard InChI is InChI=1S/C15H22N2O2S.2ClH/c1-20(18,19)14-6-4-13(5-7-14)15(12-2-3-12)17-10-8-16-9-11-17;;/h4-7,12,15-16H,2-3,8-11H2,1H3;2*1H/t15-;;/m0../s1. The van der Waals surface area contributed by atoms with Crippen LogP contribution in [0.3, 0.4) is 0 Å². The first-order valence-corrected chi connectivity index (χ1v) is 9.19. The molecule has 2 fully saturated rings. The normalized spacial score (nSPS) is 20.6. The zero-order valence-electron chi connectivity index (χ0n) is 12.7. The Kier molecular flexibility index (Phi) is 7.15. The maximum absolute atomic E-state index is 11.5. The van der Waals surface area contributed by atoms with Gasteiger partial charge in [0.1, 0.15) is 0 Å². The van der Waals surface area contributed by atoms with Gasteiger partial charge in [-0.2, -0.15) is 0 Å². The number of sulfone groups is 1. The summed E-state index contributed by atoms with van der Waals surface area (Å²) in [6.07, 6.45) is 3.85. The Balaban J connectivity index is 0.00000121. The topological polar surface area (TPSA) is 49.4 Å². The molecule has 0 aromatic heterocycles. The summed E-state index contributed by atoms with van der Waals surface area (Å²) in [5, 5.41) is 3.39. The third-order valence-electron chi connectivity index (χ3n) is 4.26. The van der Waals surface area contributed by atoms with Gasteiger partial charge in [0.15, 0.2) is 9.84 Å². The van der Waals surface area contributed by atoms with Crippen LogP contribution in [0.1, 0.15) is 24.4 Å².